The fourth-order valence-electron chi connectivity index (χ4n) is 2.78. The molecule has 0 bridgehead atoms. The smallest absolute Gasteiger partial charge is 0.257 e. The van der Waals surface area contributed by atoms with Crippen molar-refractivity contribution in [1.82, 2.24) is 29.7 Å². The van der Waals surface area contributed by atoms with Crippen molar-refractivity contribution >= 4 is 5.91 Å². The zero-order valence-electron chi connectivity index (χ0n) is 13.1. The Balaban J connectivity index is 1.81. The monoisotopic (exact) mass is 300 g/mol. The Kier molecular flexibility index (Phi) is 3.89. The second-order valence-corrected chi connectivity index (χ2v) is 5.64. The molecule has 1 aliphatic heterocycles. The van der Waals surface area contributed by atoms with Crippen LogP contribution < -0.4 is 0 Å². The summed E-state index contributed by atoms with van der Waals surface area (Å²) in [4.78, 5) is 32.7. The van der Waals surface area contributed by atoms with Crippen LogP contribution in [0.5, 0.6) is 0 Å². The molecule has 116 valence electrons. The number of carbonyl (C=O) groups excluding carboxylic acids is 1. The summed E-state index contributed by atoms with van der Waals surface area (Å²) < 4.78 is 0. The molecule has 2 aromatic rings. The predicted molar refractivity (Wildman–Crippen MR) is 81.4 cm³/mol. The summed E-state index contributed by atoms with van der Waals surface area (Å²) in [5.41, 5.74) is 1.30. The molecule has 0 aromatic carbocycles. The van der Waals surface area contributed by atoms with Crippen LogP contribution in [0.3, 0.4) is 0 Å². The van der Waals surface area contributed by atoms with Gasteiger partial charge in [0.05, 0.1) is 17.3 Å². The predicted octanol–water partition coefficient (Wildman–Crippen LogP) is 0.945. The highest BCUT2D eigenvalue weighted by molar-refractivity contribution is 5.95. The Bertz CT molecular complexity index is 669. The van der Waals surface area contributed by atoms with Gasteiger partial charge in [0, 0.05) is 38.2 Å². The highest BCUT2D eigenvalue weighted by atomic mass is 16.2. The minimum atomic E-state index is -0.0119. The average molecular weight is 300 g/mol. The van der Waals surface area contributed by atoms with Crippen LogP contribution in [0.15, 0.2) is 18.6 Å². The Labute approximate surface area is 129 Å². The number of aromatic amines is 1. The van der Waals surface area contributed by atoms with Crippen LogP contribution in [0.2, 0.25) is 0 Å². The number of nitrogens with one attached hydrogen (secondary N) is 1. The number of likely N-dealkylation sites (N-methyl/N-ethyl adjacent to an activating group) is 1. The zero-order chi connectivity index (χ0) is 15.7. The van der Waals surface area contributed by atoms with Gasteiger partial charge in [-0.05, 0) is 20.9 Å². The van der Waals surface area contributed by atoms with Crippen molar-refractivity contribution in [3.8, 4) is 0 Å². The van der Waals surface area contributed by atoms with Gasteiger partial charge in [-0.15, -0.1) is 0 Å². The van der Waals surface area contributed by atoms with Crippen molar-refractivity contribution in [1.29, 1.82) is 0 Å². The standard InChI is InChI=1S/C15H20N6O/c1-10-12(8-18-11(2)19-10)15(22)21-7-6-20(3)13(9-21)14-16-4-5-17-14/h4-5,8,13H,6-7,9H2,1-3H3,(H,16,17). The van der Waals surface area contributed by atoms with Gasteiger partial charge in [0.25, 0.3) is 5.91 Å². The third-order valence-electron chi connectivity index (χ3n) is 4.10. The largest absolute Gasteiger partial charge is 0.347 e. The summed E-state index contributed by atoms with van der Waals surface area (Å²) >= 11 is 0. The Hall–Kier alpha value is -2.28. The van der Waals surface area contributed by atoms with Gasteiger partial charge < -0.3 is 9.88 Å². The number of aryl methyl sites for hydroxylation is 2. The molecule has 0 saturated carbocycles. The number of carbonyl (C=O) groups is 1. The number of rotatable bonds is 2. The van der Waals surface area contributed by atoms with Crippen molar-refractivity contribution in [2.45, 2.75) is 19.9 Å². The molecule has 2 aromatic heterocycles. The Morgan fingerprint density at radius 3 is 2.82 bits per heavy atom. The third kappa shape index (κ3) is 2.71. The van der Waals surface area contributed by atoms with Crippen LogP contribution in [-0.2, 0) is 0 Å². The normalized spacial score (nSPS) is 19.4. The maximum atomic E-state index is 12.8. The van der Waals surface area contributed by atoms with E-state index >= 15 is 0 Å². The first kappa shape index (κ1) is 14.6. The number of piperazine rings is 1. The van der Waals surface area contributed by atoms with Gasteiger partial charge in [-0.3, -0.25) is 9.69 Å². The summed E-state index contributed by atoms with van der Waals surface area (Å²) in [7, 11) is 2.05. The van der Waals surface area contributed by atoms with E-state index in [1.165, 1.54) is 0 Å². The molecule has 1 saturated heterocycles. The second kappa shape index (κ2) is 5.84. The number of aromatic nitrogens is 4. The molecule has 1 aliphatic rings. The molecule has 0 radical (unpaired) electrons. The first-order valence-corrected chi connectivity index (χ1v) is 7.35. The summed E-state index contributed by atoms with van der Waals surface area (Å²) in [6, 6.07) is 0.0828. The van der Waals surface area contributed by atoms with E-state index in [4.69, 9.17) is 0 Å². The van der Waals surface area contributed by atoms with E-state index in [-0.39, 0.29) is 11.9 Å². The zero-order valence-corrected chi connectivity index (χ0v) is 13.1. The summed E-state index contributed by atoms with van der Waals surface area (Å²) in [6.07, 6.45) is 5.17. The fourth-order valence-corrected chi connectivity index (χ4v) is 2.78. The molecule has 1 amide bonds. The van der Waals surface area contributed by atoms with Crippen molar-refractivity contribution in [2.75, 3.05) is 26.7 Å². The van der Waals surface area contributed by atoms with Crippen LogP contribution >= 0.6 is 0 Å². The maximum Gasteiger partial charge on any atom is 0.257 e. The van der Waals surface area contributed by atoms with E-state index < -0.39 is 0 Å². The number of hydrogen-bond donors (Lipinski definition) is 1. The minimum Gasteiger partial charge on any atom is -0.347 e. The van der Waals surface area contributed by atoms with Crippen LogP contribution in [-0.4, -0.2) is 62.3 Å². The van der Waals surface area contributed by atoms with Crippen LogP contribution in [0.25, 0.3) is 0 Å². The Morgan fingerprint density at radius 1 is 1.32 bits per heavy atom. The molecule has 0 spiro atoms. The molecule has 7 nitrogen and oxygen atoms in total. The van der Waals surface area contributed by atoms with E-state index in [2.05, 4.69) is 31.9 Å². The first-order chi connectivity index (χ1) is 10.6. The van der Waals surface area contributed by atoms with Gasteiger partial charge in [0.15, 0.2) is 0 Å². The van der Waals surface area contributed by atoms with Gasteiger partial charge in [-0.25, -0.2) is 15.0 Å². The van der Waals surface area contributed by atoms with Crippen LogP contribution in [0, 0.1) is 13.8 Å². The molecule has 1 unspecified atom stereocenters. The maximum absolute atomic E-state index is 12.8. The molecular weight excluding hydrogens is 280 g/mol. The molecule has 1 N–H and O–H groups in total. The van der Waals surface area contributed by atoms with Gasteiger partial charge in [0.2, 0.25) is 0 Å². The van der Waals surface area contributed by atoms with E-state index in [1.54, 1.807) is 12.4 Å². The summed E-state index contributed by atoms with van der Waals surface area (Å²) in [5, 5.41) is 0. The number of imidazole rings is 1. The molecule has 1 atom stereocenters. The fraction of sp³-hybridized carbons (Fsp3) is 0.467. The van der Waals surface area contributed by atoms with Crippen molar-refractivity contribution in [3.05, 3.63) is 41.5 Å². The highest BCUT2D eigenvalue weighted by Gasteiger charge is 2.31. The summed E-state index contributed by atoms with van der Waals surface area (Å²) in [5.74, 6) is 1.56. The van der Waals surface area contributed by atoms with E-state index in [9.17, 15) is 4.79 Å². The van der Waals surface area contributed by atoms with Crippen molar-refractivity contribution in [3.63, 3.8) is 0 Å². The minimum absolute atomic E-state index is 0.0119. The van der Waals surface area contributed by atoms with Crippen LogP contribution in [0.4, 0.5) is 0 Å². The van der Waals surface area contributed by atoms with E-state index in [0.717, 1.165) is 18.1 Å². The molecule has 22 heavy (non-hydrogen) atoms. The van der Waals surface area contributed by atoms with E-state index in [1.807, 2.05) is 24.9 Å². The SMILES string of the molecule is Cc1ncc(C(=O)N2CCN(C)C(c3ncc[nH]3)C2)c(C)n1. The van der Waals surface area contributed by atoms with E-state index in [0.29, 0.717) is 24.5 Å². The Morgan fingerprint density at radius 2 is 2.14 bits per heavy atom. The molecule has 1 fully saturated rings. The summed E-state index contributed by atoms with van der Waals surface area (Å²) in [6.45, 7) is 5.78. The second-order valence-electron chi connectivity index (χ2n) is 5.64. The lowest BCUT2D eigenvalue weighted by Gasteiger charge is -2.38. The molecular formula is C15H20N6O. The topological polar surface area (TPSA) is 78.0 Å². The van der Waals surface area contributed by atoms with Gasteiger partial charge >= 0.3 is 0 Å². The molecule has 7 heteroatoms. The number of H-pyrrole nitrogens is 1. The van der Waals surface area contributed by atoms with Crippen molar-refractivity contribution < 1.29 is 4.79 Å². The highest BCUT2D eigenvalue weighted by Crippen LogP contribution is 2.22. The number of hydrogen-bond acceptors (Lipinski definition) is 5. The number of nitrogens with zero attached hydrogens (tertiary/aromatic N) is 5. The average Bonchev–Trinajstić information content (AvgIpc) is 3.01. The van der Waals surface area contributed by atoms with Crippen molar-refractivity contribution in [2.24, 2.45) is 0 Å². The lowest BCUT2D eigenvalue weighted by atomic mass is 10.1. The van der Waals surface area contributed by atoms with Gasteiger partial charge in [0.1, 0.15) is 11.6 Å². The van der Waals surface area contributed by atoms with Gasteiger partial charge in [-0.2, -0.15) is 0 Å². The lowest BCUT2D eigenvalue weighted by Crippen LogP contribution is -2.49. The number of amides is 1. The molecule has 3 heterocycles. The first-order valence-electron chi connectivity index (χ1n) is 7.35. The molecule has 3 rings (SSSR count). The van der Waals surface area contributed by atoms with Gasteiger partial charge in [-0.1, -0.05) is 0 Å². The molecule has 0 aliphatic carbocycles. The lowest BCUT2D eigenvalue weighted by molar-refractivity contribution is 0.0533. The quantitative estimate of drug-likeness (QED) is 0.893. The third-order valence-corrected chi connectivity index (χ3v) is 4.10. The van der Waals surface area contributed by atoms with Crippen LogP contribution in [0.1, 0.15) is 33.7 Å².